The molecule has 0 amide bonds. The summed E-state index contributed by atoms with van der Waals surface area (Å²) >= 11 is 0. The van der Waals surface area contributed by atoms with Crippen molar-refractivity contribution in [1.29, 1.82) is 0 Å². The zero-order valence-corrected chi connectivity index (χ0v) is 14.9. The van der Waals surface area contributed by atoms with E-state index in [0.29, 0.717) is 11.3 Å². The molecular weight excluding hydrogens is 336 g/mol. The number of fused-ring (bicyclic) bond motifs is 1. The quantitative estimate of drug-likeness (QED) is 0.437. The Labute approximate surface area is 158 Å². The Kier molecular flexibility index (Phi) is 5.06. The van der Waals surface area contributed by atoms with Gasteiger partial charge in [-0.15, -0.1) is 0 Å². The molecule has 0 aliphatic heterocycles. The van der Waals surface area contributed by atoms with E-state index in [2.05, 4.69) is 28.4 Å². The Bertz CT molecular complexity index is 950. The van der Waals surface area contributed by atoms with Crippen molar-refractivity contribution in [1.82, 2.24) is 0 Å². The molecule has 0 saturated heterocycles. The Morgan fingerprint density at radius 3 is 2.15 bits per heavy atom. The molecule has 4 rings (SSSR count). The monoisotopic (exact) mass is 356 g/mol. The van der Waals surface area contributed by atoms with Crippen LogP contribution in [0.5, 0.6) is 0 Å². The van der Waals surface area contributed by atoms with E-state index in [0.717, 1.165) is 24.9 Å². The number of aryl methyl sites for hydroxylation is 1. The number of rotatable bonds is 4. The minimum atomic E-state index is -0.286. The van der Waals surface area contributed by atoms with Gasteiger partial charge in [-0.05, 0) is 60.4 Å². The van der Waals surface area contributed by atoms with Gasteiger partial charge in [0.2, 0.25) is 0 Å². The number of nitrogens with zero attached hydrogens (tertiary/aromatic N) is 2. The highest BCUT2D eigenvalue weighted by atomic mass is 16.5. The highest BCUT2D eigenvalue weighted by Gasteiger charge is 2.22. The molecule has 3 aromatic rings. The lowest BCUT2D eigenvalue weighted by molar-refractivity contribution is 0.0271. The molecule has 0 bridgehead atoms. The van der Waals surface area contributed by atoms with E-state index in [4.69, 9.17) is 4.74 Å². The van der Waals surface area contributed by atoms with E-state index < -0.39 is 0 Å². The Balaban J connectivity index is 1.38. The summed E-state index contributed by atoms with van der Waals surface area (Å²) in [4.78, 5) is 12.4. The molecule has 4 nitrogen and oxygen atoms in total. The first kappa shape index (κ1) is 17.2. The number of azo groups is 1. The Morgan fingerprint density at radius 2 is 1.41 bits per heavy atom. The number of hydrogen-bond acceptors (Lipinski definition) is 4. The highest BCUT2D eigenvalue weighted by Crippen LogP contribution is 2.24. The van der Waals surface area contributed by atoms with Crippen molar-refractivity contribution >= 4 is 17.3 Å². The lowest BCUT2D eigenvalue weighted by Gasteiger charge is -2.24. The molecule has 0 spiro atoms. The molecule has 0 fully saturated rings. The number of ether oxygens (including phenoxy) is 1. The highest BCUT2D eigenvalue weighted by molar-refractivity contribution is 5.89. The van der Waals surface area contributed by atoms with Crippen LogP contribution in [0.25, 0.3) is 0 Å². The van der Waals surface area contributed by atoms with Crippen molar-refractivity contribution in [3.8, 4) is 0 Å². The van der Waals surface area contributed by atoms with Crippen molar-refractivity contribution < 1.29 is 9.53 Å². The topological polar surface area (TPSA) is 51.0 Å². The summed E-state index contributed by atoms with van der Waals surface area (Å²) in [7, 11) is 0. The van der Waals surface area contributed by atoms with Crippen LogP contribution < -0.4 is 0 Å². The van der Waals surface area contributed by atoms with Gasteiger partial charge in [0.25, 0.3) is 0 Å². The van der Waals surface area contributed by atoms with Crippen LogP contribution in [0.1, 0.15) is 27.9 Å². The second-order valence-electron chi connectivity index (χ2n) is 6.62. The molecule has 1 aliphatic rings. The van der Waals surface area contributed by atoms with Gasteiger partial charge in [0.15, 0.2) is 0 Å². The van der Waals surface area contributed by atoms with Crippen LogP contribution in [0.3, 0.4) is 0 Å². The summed E-state index contributed by atoms with van der Waals surface area (Å²) in [5.41, 5.74) is 4.66. The first-order chi connectivity index (χ1) is 13.3. The second-order valence-corrected chi connectivity index (χ2v) is 6.62. The van der Waals surface area contributed by atoms with Gasteiger partial charge in [-0.1, -0.05) is 42.5 Å². The van der Waals surface area contributed by atoms with E-state index in [-0.39, 0.29) is 12.1 Å². The van der Waals surface area contributed by atoms with Gasteiger partial charge >= 0.3 is 5.97 Å². The lowest BCUT2D eigenvalue weighted by Crippen LogP contribution is -2.25. The maximum atomic E-state index is 12.4. The summed E-state index contributed by atoms with van der Waals surface area (Å²) < 4.78 is 5.71. The normalized spacial score (nSPS) is 16.1. The number of hydrogen-bond donors (Lipinski definition) is 0. The van der Waals surface area contributed by atoms with Crippen molar-refractivity contribution in [3.63, 3.8) is 0 Å². The van der Waals surface area contributed by atoms with Gasteiger partial charge in [0.05, 0.1) is 16.9 Å². The second kappa shape index (κ2) is 7.96. The van der Waals surface area contributed by atoms with E-state index in [1.165, 1.54) is 11.1 Å². The lowest BCUT2D eigenvalue weighted by atomic mass is 9.90. The fraction of sp³-hybridized carbons (Fsp3) is 0.174. The van der Waals surface area contributed by atoms with Gasteiger partial charge in [0.1, 0.15) is 6.10 Å². The van der Waals surface area contributed by atoms with Crippen molar-refractivity contribution in [2.24, 2.45) is 10.2 Å². The fourth-order valence-electron chi connectivity index (χ4n) is 3.26. The molecule has 1 aliphatic carbocycles. The predicted molar refractivity (Wildman–Crippen MR) is 105 cm³/mol. The van der Waals surface area contributed by atoms with Crippen molar-refractivity contribution in [2.45, 2.75) is 25.4 Å². The molecule has 3 aromatic carbocycles. The van der Waals surface area contributed by atoms with Gasteiger partial charge in [0, 0.05) is 6.42 Å². The molecular formula is C23H20N2O2. The summed E-state index contributed by atoms with van der Waals surface area (Å²) in [5.74, 6) is -0.286. The molecule has 0 heterocycles. The van der Waals surface area contributed by atoms with Gasteiger partial charge in [-0.2, -0.15) is 10.2 Å². The largest absolute Gasteiger partial charge is 0.458 e. The third-order valence-corrected chi connectivity index (χ3v) is 4.72. The molecule has 0 N–H and O–H groups in total. The SMILES string of the molecule is O=C(O[C@@H]1CCc2ccccc2C1)c1ccc(N=Nc2ccccc2)cc1. The van der Waals surface area contributed by atoms with Crippen LogP contribution in [-0.2, 0) is 17.6 Å². The first-order valence-electron chi connectivity index (χ1n) is 9.12. The first-order valence-corrected chi connectivity index (χ1v) is 9.12. The smallest absolute Gasteiger partial charge is 0.338 e. The Morgan fingerprint density at radius 1 is 0.778 bits per heavy atom. The summed E-state index contributed by atoms with van der Waals surface area (Å²) in [6.45, 7) is 0. The number of carbonyl (C=O) groups excluding carboxylic acids is 1. The van der Waals surface area contributed by atoms with Gasteiger partial charge in [-0.25, -0.2) is 4.79 Å². The zero-order valence-electron chi connectivity index (χ0n) is 14.9. The van der Waals surface area contributed by atoms with Crippen LogP contribution in [0, 0.1) is 0 Å². The molecule has 0 saturated carbocycles. The van der Waals surface area contributed by atoms with Gasteiger partial charge < -0.3 is 4.74 Å². The molecule has 0 radical (unpaired) electrons. The van der Waals surface area contributed by atoms with E-state index >= 15 is 0 Å². The van der Waals surface area contributed by atoms with Crippen molar-refractivity contribution in [2.75, 3.05) is 0 Å². The van der Waals surface area contributed by atoms with Crippen LogP contribution in [0.15, 0.2) is 89.1 Å². The third-order valence-electron chi connectivity index (χ3n) is 4.72. The molecule has 134 valence electrons. The maximum absolute atomic E-state index is 12.4. The van der Waals surface area contributed by atoms with E-state index in [1.54, 1.807) is 24.3 Å². The average Bonchev–Trinajstić information content (AvgIpc) is 2.73. The fourth-order valence-corrected chi connectivity index (χ4v) is 3.26. The molecule has 4 heteroatoms. The summed E-state index contributed by atoms with van der Waals surface area (Å²) in [6, 6.07) is 24.9. The minimum Gasteiger partial charge on any atom is -0.458 e. The maximum Gasteiger partial charge on any atom is 0.338 e. The van der Waals surface area contributed by atoms with Crippen LogP contribution >= 0.6 is 0 Å². The number of esters is 1. The number of carbonyl (C=O) groups is 1. The predicted octanol–water partition coefficient (Wildman–Crippen LogP) is 5.82. The average molecular weight is 356 g/mol. The molecule has 1 atom stereocenters. The summed E-state index contributed by atoms with van der Waals surface area (Å²) in [6.07, 6.45) is 2.54. The van der Waals surface area contributed by atoms with Crippen molar-refractivity contribution in [3.05, 3.63) is 95.6 Å². The van der Waals surface area contributed by atoms with Crippen LogP contribution in [-0.4, -0.2) is 12.1 Å². The minimum absolute atomic E-state index is 0.0650. The van der Waals surface area contributed by atoms with Gasteiger partial charge in [-0.3, -0.25) is 0 Å². The summed E-state index contributed by atoms with van der Waals surface area (Å²) in [5, 5.41) is 8.37. The standard InChI is InChI=1S/C23H20N2O2/c26-23(27-22-15-12-17-6-4-5-7-19(17)16-22)18-10-13-21(14-11-18)25-24-20-8-2-1-3-9-20/h1-11,13-14,22H,12,15-16H2/t22-/m1/s1. The van der Waals surface area contributed by atoms with E-state index in [9.17, 15) is 4.79 Å². The van der Waals surface area contributed by atoms with Crippen LogP contribution in [0.2, 0.25) is 0 Å². The zero-order chi connectivity index (χ0) is 18.5. The molecule has 0 aromatic heterocycles. The third kappa shape index (κ3) is 4.29. The molecule has 0 unspecified atom stereocenters. The number of benzene rings is 3. The van der Waals surface area contributed by atoms with Crippen LogP contribution in [0.4, 0.5) is 11.4 Å². The Hall–Kier alpha value is -3.27. The molecule has 27 heavy (non-hydrogen) atoms. The van der Waals surface area contributed by atoms with E-state index in [1.807, 2.05) is 36.4 Å².